The third-order valence-electron chi connectivity index (χ3n) is 5.47. The molecule has 1 aliphatic rings. The molecule has 1 saturated heterocycles. The fourth-order valence-corrected chi connectivity index (χ4v) is 3.96. The minimum Gasteiger partial charge on any atom is -0.493 e. The van der Waals surface area contributed by atoms with Crippen LogP contribution in [0.1, 0.15) is 24.6 Å². The lowest BCUT2D eigenvalue weighted by atomic mass is 9.99. The van der Waals surface area contributed by atoms with Gasteiger partial charge < -0.3 is 28.6 Å². The maximum absolute atomic E-state index is 10.8. The monoisotopic (exact) mass is 412 g/mol. The van der Waals surface area contributed by atoms with Crippen LogP contribution in [0.25, 0.3) is 11.0 Å². The number of aliphatic hydroxyl groups is 1. The molecular formula is C23H28N2O5. The fraction of sp³-hybridized carbons (Fsp3) is 0.435. The Morgan fingerprint density at radius 2 is 1.77 bits per heavy atom. The van der Waals surface area contributed by atoms with Gasteiger partial charge in [0.2, 0.25) is 5.75 Å². The van der Waals surface area contributed by atoms with E-state index in [1.54, 1.807) is 26.4 Å². The van der Waals surface area contributed by atoms with Crippen molar-refractivity contribution in [3.8, 4) is 17.2 Å². The molecule has 4 rings (SSSR count). The highest BCUT2D eigenvalue weighted by Crippen LogP contribution is 2.37. The van der Waals surface area contributed by atoms with Crippen molar-refractivity contribution < 1.29 is 24.1 Å². The summed E-state index contributed by atoms with van der Waals surface area (Å²) in [5.74, 6) is 2.96. The van der Waals surface area contributed by atoms with Crippen molar-refractivity contribution in [3.63, 3.8) is 0 Å². The molecule has 7 heteroatoms. The smallest absolute Gasteiger partial charge is 0.203 e. The highest BCUT2D eigenvalue weighted by Gasteiger charge is 2.24. The number of nitrogens with zero attached hydrogens (tertiary/aromatic N) is 2. The Morgan fingerprint density at radius 1 is 1.07 bits per heavy atom. The highest BCUT2D eigenvalue weighted by molar-refractivity contribution is 5.76. The quantitative estimate of drug-likeness (QED) is 0.611. The molecule has 3 aromatic rings. The first-order valence-corrected chi connectivity index (χ1v) is 10.3. The zero-order chi connectivity index (χ0) is 20.9. The summed E-state index contributed by atoms with van der Waals surface area (Å²) in [5.41, 5.74) is 1.96. The van der Waals surface area contributed by atoms with Crippen LogP contribution in [0.3, 0.4) is 0 Å². The molecule has 0 aliphatic carbocycles. The lowest BCUT2D eigenvalue weighted by Crippen LogP contribution is -2.26. The number of imidazole rings is 1. The van der Waals surface area contributed by atoms with Gasteiger partial charge in [0.1, 0.15) is 18.5 Å². The van der Waals surface area contributed by atoms with Crippen molar-refractivity contribution in [2.75, 3.05) is 34.0 Å². The van der Waals surface area contributed by atoms with E-state index in [9.17, 15) is 5.11 Å². The summed E-state index contributed by atoms with van der Waals surface area (Å²) in [6.45, 7) is 1.99. The van der Waals surface area contributed by atoms with Crippen LogP contribution in [-0.4, -0.2) is 54.8 Å². The minimum atomic E-state index is -0.726. The van der Waals surface area contributed by atoms with Crippen molar-refractivity contribution in [2.45, 2.75) is 31.4 Å². The molecule has 1 aromatic heterocycles. The molecule has 2 heterocycles. The third kappa shape index (κ3) is 4.22. The van der Waals surface area contributed by atoms with Crippen LogP contribution in [-0.2, 0) is 11.3 Å². The number of methoxy groups -OCH3 is 2. The maximum atomic E-state index is 10.8. The van der Waals surface area contributed by atoms with Gasteiger partial charge >= 0.3 is 0 Å². The lowest BCUT2D eigenvalue weighted by Gasteiger charge is -2.24. The van der Waals surface area contributed by atoms with Gasteiger partial charge in [0.15, 0.2) is 11.5 Å². The van der Waals surface area contributed by atoms with Crippen molar-refractivity contribution in [1.82, 2.24) is 9.55 Å². The van der Waals surface area contributed by atoms with Crippen LogP contribution in [0.5, 0.6) is 17.2 Å². The van der Waals surface area contributed by atoms with Crippen LogP contribution in [0.4, 0.5) is 0 Å². The van der Waals surface area contributed by atoms with E-state index in [1.165, 1.54) is 0 Å². The van der Waals surface area contributed by atoms with Gasteiger partial charge in [-0.15, -0.1) is 0 Å². The molecule has 1 atom stereocenters. The SMILES string of the molecule is COc1cccc(OC)c1OCC(O)Cn1c(C2CCOCC2)nc2ccccc21. The number of hydrogen-bond donors (Lipinski definition) is 1. The van der Waals surface area contributed by atoms with Gasteiger partial charge in [-0.3, -0.25) is 0 Å². The van der Waals surface area contributed by atoms with Gasteiger partial charge in [-0.1, -0.05) is 18.2 Å². The molecule has 2 aromatic carbocycles. The van der Waals surface area contributed by atoms with E-state index in [1.807, 2.05) is 30.3 Å². The first-order chi connectivity index (χ1) is 14.7. The molecule has 0 bridgehead atoms. The summed E-state index contributed by atoms with van der Waals surface area (Å²) in [6.07, 6.45) is 1.15. The van der Waals surface area contributed by atoms with Crippen LogP contribution >= 0.6 is 0 Å². The number of rotatable bonds is 8. The lowest BCUT2D eigenvalue weighted by molar-refractivity contribution is 0.0773. The molecule has 1 aliphatic heterocycles. The third-order valence-corrected chi connectivity index (χ3v) is 5.47. The Hall–Kier alpha value is -2.77. The fourth-order valence-electron chi connectivity index (χ4n) is 3.96. The molecule has 7 nitrogen and oxygen atoms in total. The molecule has 0 amide bonds. The van der Waals surface area contributed by atoms with E-state index < -0.39 is 6.10 Å². The number of para-hydroxylation sites is 3. The number of benzene rings is 2. The van der Waals surface area contributed by atoms with E-state index in [0.717, 1.165) is 42.9 Å². The Labute approximate surface area is 176 Å². The van der Waals surface area contributed by atoms with Gasteiger partial charge in [0.25, 0.3) is 0 Å². The Morgan fingerprint density at radius 3 is 2.47 bits per heavy atom. The molecule has 1 N–H and O–H groups in total. The topological polar surface area (TPSA) is 75.0 Å². The summed E-state index contributed by atoms with van der Waals surface area (Å²) in [4.78, 5) is 4.88. The number of hydrogen-bond acceptors (Lipinski definition) is 6. The molecular weight excluding hydrogens is 384 g/mol. The van der Waals surface area contributed by atoms with E-state index >= 15 is 0 Å². The summed E-state index contributed by atoms with van der Waals surface area (Å²) in [5, 5.41) is 10.8. The number of aromatic nitrogens is 2. The van der Waals surface area contributed by atoms with Gasteiger partial charge in [-0.05, 0) is 37.1 Å². The largest absolute Gasteiger partial charge is 0.493 e. The van der Waals surface area contributed by atoms with Gasteiger partial charge in [-0.25, -0.2) is 4.98 Å². The van der Waals surface area contributed by atoms with E-state index in [2.05, 4.69) is 4.57 Å². The van der Waals surface area contributed by atoms with Gasteiger partial charge in [0.05, 0.1) is 31.8 Å². The predicted molar refractivity (Wildman–Crippen MR) is 114 cm³/mol. The van der Waals surface area contributed by atoms with Crippen molar-refractivity contribution >= 4 is 11.0 Å². The second kappa shape index (κ2) is 9.36. The first kappa shape index (κ1) is 20.5. The van der Waals surface area contributed by atoms with Gasteiger partial charge in [-0.2, -0.15) is 0 Å². The summed E-state index contributed by atoms with van der Waals surface area (Å²) < 4.78 is 24.3. The van der Waals surface area contributed by atoms with E-state index in [0.29, 0.717) is 29.7 Å². The first-order valence-electron chi connectivity index (χ1n) is 10.3. The molecule has 30 heavy (non-hydrogen) atoms. The highest BCUT2D eigenvalue weighted by atomic mass is 16.5. The number of ether oxygens (including phenoxy) is 4. The molecule has 0 radical (unpaired) electrons. The van der Waals surface area contributed by atoms with Crippen molar-refractivity contribution in [3.05, 3.63) is 48.3 Å². The van der Waals surface area contributed by atoms with Gasteiger partial charge in [0, 0.05) is 19.1 Å². The zero-order valence-corrected chi connectivity index (χ0v) is 17.4. The number of aliphatic hydroxyl groups excluding tert-OH is 1. The van der Waals surface area contributed by atoms with Crippen LogP contribution in [0.2, 0.25) is 0 Å². The predicted octanol–water partition coefficient (Wildman–Crippen LogP) is 3.39. The molecule has 0 saturated carbocycles. The molecule has 0 spiro atoms. The zero-order valence-electron chi connectivity index (χ0n) is 17.4. The van der Waals surface area contributed by atoms with Crippen molar-refractivity contribution in [1.29, 1.82) is 0 Å². The second-order valence-electron chi connectivity index (χ2n) is 7.41. The van der Waals surface area contributed by atoms with Crippen LogP contribution in [0, 0.1) is 0 Å². The molecule has 1 unspecified atom stereocenters. The van der Waals surface area contributed by atoms with Crippen LogP contribution < -0.4 is 14.2 Å². The summed E-state index contributed by atoms with van der Waals surface area (Å²) in [7, 11) is 3.16. The standard InChI is InChI=1S/C23H28N2O5/c1-27-20-8-5-9-21(28-2)22(20)30-15-17(26)14-25-19-7-4-3-6-18(19)24-23(25)16-10-12-29-13-11-16/h3-9,16-17,26H,10-15H2,1-2H3. The number of fused-ring (bicyclic) bond motifs is 1. The maximum Gasteiger partial charge on any atom is 0.203 e. The average Bonchev–Trinajstić information content (AvgIpc) is 3.16. The average molecular weight is 412 g/mol. The summed E-state index contributed by atoms with van der Waals surface area (Å²) in [6, 6.07) is 13.5. The normalized spacial score (nSPS) is 15.8. The second-order valence-corrected chi connectivity index (χ2v) is 7.41. The Balaban J connectivity index is 1.54. The van der Waals surface area contributed by atoms with Crippen molar-refractivity contribution in [2.24, 2.45) is 0 Å². The Bertz CT molecular complexity index is 959. The van der Waals surface area contributed by atoms with Crippen LogP contribution in [0.15, 0.2) is 42.5 Å². The van der Waals surface area contributed by atoms with E-state index in [4.69, 9.17) is 23.9 Å². The van der Waals surface area contributed by atoms with E-state index in [-0.39, 0.29) is 6.61 Å². The molecule has 1 fully saturated rings. The summed E-state index contributed by atoms with van der Waals surface area (Å²) >= 11 is 0. The Kier molecular flexibility index (Phi) is 6.40. The molecule has 160 valence electrons. The minimum absolute atomic E-state index is 0.108.